The monoisotopic (exact) mass is 259 g/mol. The van der Waals surface area contributed by atoms with Crippen molar-refractivity contribution in [1.29, 1.82) is 0 Å². The lowest BCUT2D eigenvalue weighted by molar-refractivity contribution is 0.0735. The number of aromatic nitrogens is 1. The van der Waals surface area contributed by atoms with E-state index in [1.54, 1.807) is 4.90 Å². The maximum atomic E-state index is 12.1. The lowest BCUT2D eigenvalue weighted by Crippen LogP contribution is -2.46. The third kappa shape index (κ3) is 2.64. The van der Waals surface area contributed by atoms with Crippen molar-refractivity contribution < 1.29 is 4.79 Å². The van der Waals surface area contributed by atoms with Gasteiger partial charge in [-0.1, -0.05) is 23.2 Å². The summed E-state index contributed by atoms with van der Waals surface area (Å²) in [7, 11) is 0. The van der Waals surface area contributed by atoms with Gasteiger partial charge in [-0.15, -0.1) is 0 Å². The summed E-state index contributed by atoms with van der Waals surface area (Å²) < 4.78 is 0. The molecule has 0 unspecified atom stereocenters. The van der Waals surface area contributed by atoms with Crippen LogP contribution in [0, 0.1) is 0 Å². The van der Waals surface area contributed by atoms with Crippen molar-refractivity contribution in [1.82, 2.24) is 15.2 Å². The second-order valence-corrected chi connectivity index (χ2v) is 4.32. The van der Waals surface area contributed by atoms with Gasteiger partial charge in [0.1, 0.15) is 10.3 Å². The first kappa shape index (κ1) is 11.6. The summed E-state index contributed by atoms with van der Waals surface area (Å²) in [4.78, 5) is 17.6. The second-order valence-electron chi connectivity index (χ2n) is 3.54. The lowest BCUT2D eigenvalue weighted by Gasteiger charge is -2.27. The molecular formula is C10H11Cl2N3O. The molecule has 2 rings (SSSR count). The third-order valence-corrected chi connectivity index (χ3v) is 2.80. The van der Waals surface area contributed by atoms with Crippen LogP contribution in [-0.2, 0) is 0 Å². The minimum atomic E-state index is -0.0484. The fourth-order valence-corrected chi connectivity index (χ4v) is 2.10. The van der Waals surface area contributed by atoms with Crippen molar-refractivity contribution in [2.24, 2.45) is 0 Å². The Hall–Kier alpha value is -0.840. The van der Waals surface area contributed by atoms with E-state index >= 15 is 0 Å². The molecule has 1 aliphatic rings. The summed E-state index contributed by atoms with van der Waals surface area (Å²) in [5.74, 6) is -0.0484. The number of nitrogens with zero attached hydrogens (tertiary/aromatic N) is 2. The van der Waals surface area contributed by atoms with E-state index in [9.17, 15) is 4.79 Å². The molecule has 1 amide bonds. The van der Waals surface area contributed by atoms with Crippen LogP contribution in [0.2, 0.25) is 10.3 Å². The van der Waals surface area contributed by atoms with E-state index < -0.39 is 0 Å². The van der Waals surface area contributed by atoms with Crippen LogP contribution in [0.25, 0.3) is 0 Å². The largest absolute Gasteiger partial charge is 0.336 e. The van der Waals surface area contributed by atoms with Gasteiger partial charge in [-0.2, -0.15) is 0 Å². The number of nitrogens with one attached hydrogen (secondary N) is 1. The average molecular weight is 260 g/mol. The zero-order valence-corrected chi connectivity index (χ0v) is 10.1. The van der Waals surface area contributed by atoms with Gasteiger partial charge in [0.15, 0.2) is 0 Å². The van der Waals surface area contributed by atoms with E-state index in [1.807, 2.05) is 0 Å². The molecule has 4 nitrogen and oxygen atoms in total. The van der Waals surface area contributed by atoms with E-state index in [4.69, 9.17) is 23.2 Å². The Bertz CT molecular complexity index is 385. The molecule has 1 fully saturated rings. The number of piperazine rings is 1. The van der Waals surface area contributed by atoms with Crippen molar-refractivity contribution in [3.63, 3.8) is 0 Å². The summed E-state index contributed by atoms with van der Waals surface area (Å²) in [5, 5.41) is 3.67. The first-order chi connectivity index (χ1) is 7.66. The Morgan fingerprint density at radius 3 is 2.38 bits per heavy atom. The first-order valence-corrected chi connectivity index (χ1v) is 5.75. The summed E-state index contributed by atoms with van der Waals surface area (Å²) in [6, 6.07) is 3.08. The Morgan fingerprint density at radius 2 is 1.81 bits per heavy atom. The van der Waals surface area contributed by atoms with Crippen LogP contribution in [0.3, 0.4) is 0 Å². The zero-order valence-electron chi connectivity index (χ0n) is 8.54. The molecule has 1 aromatic rings. The van der Waals surface area contributed by atoms with Gasteiger partial charge in [0, 0.05) is 31.7 Å². The number of carbonyl (C=O) groups excluding carboxylic acids is 1. The molecule has 0 aromatic carbocycles. The molecule has 1 saturated heterocycles. The van der Waals surface area contributed by atoms with Gasteiger partial charge in [-0.25, -0.2) is 4.98 Å². The molecular weight excluding hydrogens is 249 g/mol. The van der Waals surface area contributed by atoms with Crippen LogP contribution in [0.4, 0.5) is 0 Å². The van der Waals surface area contributed by atoms with Crippen molar-refractivity contribution in [2.45, 2.75) is 0 Å². The van der Waals surface area contributed by atoms with Gasteiger partial charge in [0.25, 0.3) is 5.91 Å². The highest BCUT2D eigenvalue weighted by Gasteiger charge is 2.18. The molecule has 2 heterocycles. The van der Waals surface area contributed by atoms with Gasteiger partial charge in [0.2, 0.25) is 0 Å². The fourth-order valence-electron chi connectivity index (χ4n) is 1.64. The van der Waals surface area contributed by atoms with E-state index in [1.165, 1.54) is 12.1 Å². The van der Waals surface area contributed by atoms with Gasteiger partial charge in [0.05, 0.1) is 0 Å². The van der Waals surface area contributed by atoms with Crippen LogP contribution < -0.4 is 5.32 Å². The van der Waals surface area contributed by atoms with Crippen molar-refractivity contribution in [2.75, 3.05) is 26.2 Å². The number of halogens is 2. The van der Waals surface area contributed by atoms with Gasteiger partial charge in [-0.05, 0) is 12.1 Å². The molecule has 0 aliphatic carbocycles. The third-order valence-electron chi connectivity index (χ3n) is 2.41. The molecule has 0 saturated carbocycles. The summed E-state index contributed by atoms with van der Waals surface area (Å²) in [6.45, 7) is 3.05. The Morgan fingerprint density at radius 1 is 1.25 bits per heavy atom. The van der Waals surface area contributed by atoms with Gasteiger partial charge < -0.3 is 10.2 Å². The Balaban J connectivity index is 2.19. The zero-order chi connectivity index (χ0) is 11.5. The highest BCUT2D eigenvalue weighted by molar-refractivity contribution is 6.33. The average Bonchev–Trinajstić information content (AvgIpc) is 2.28. The quantitative estimate of drug-likeness (QED) is 0.777. The van der Waals surface area contributed by atoms with E-state index in [0.717, 1.165) is 13.1 Å². The smallest absolute Gasteiger partial charge is 0.254 e. The SMILES string of the molecule is O=C(c1cc(Cl)nc(Cl)c1)N1CCNCC1. The first-order valence-electron chi connectivity index (χ1n) is 5.00. The van der Waals surface area contributed by atoms with E-state index in [0.29, 0.717) is 18.7 Å². The predicted molar refractivity (Wildman–Crippen MR) is 63.0 cm³/mol. The maximum absolute atomic E-state index is 12.1. The highest BCUT2D eigenvalue weighted by atomic mass is 35.5. The van der Waals surface area contributed by atoms with Crippen LogP contribution in [-0.4, -0.2) is 42.0 Å². The van der Waals surface area contributed by atoms with Gasteiger partial charge >= 0.3 is 0 Å². The van der Waals surface area contributed by atoms with Crippen molar-refractivity contribution in [3.05, 3.63) is 28.0 Å². The van der Waals surface area contributed by atoms with Crippen LogP contribution >= 0.6 is 23.2 Å². The lowest BCUT2D eigenvalue weighted by atomic mass is 10.2. The standard InChI is InChI=1S/C10H11Cl2N3O/c11-8-5-7(6-9(12)14-8)10(16)15-3-1-13-2-4-15/h5-6,13H,1-4H2. The molecule has 0 atom stereocenters. The highest BCUT2D eigenvalue weighted by Crippen LogP contribution is 2.16. The molecule has 0 spiro atoms. The second kappa shape index (κ2) is 4.99. The fraction of sp³-hybridized carbons (Fsp3) is 0.400. The molecule has 86 valence electrons. The number of pyridine rings is 1. The van der Waals surface area contributed by atoms with E-state index in [-0.39, 0.29) is 16.2 Å². The predicted octanol–water partition coefficient (Wildman–Crippen LogP) is 1.43. The molecule has 1 aliphatic heterocycles. The Kier molecular flexibility index (Phi) is 3.63. The van der Waals surface area contributed by atoms with E-state index in [2.05, 4.69) is 10.3 Å². The number of carbonyl (C=O) groups is 1. The summed E-state index contributed by atoms with van der Waals surface area (Å²) >= 11 is 11.5. The molecule has 0 bridgehead atoms. The minimum Gasteiger partial charge on any atom is -0.336 e. The Labute approximate surface area is 104 Å². The van der Waals surface area contributed by atoms with Crippen molar-refractivity contribution in [3.8, 4) is 0 Å². The number of rotatable bonds is 1. The molecule has 6 heteroatoms. The van der Waals surface area contributed by atoms with Crippen LogP contribution in [0.5, 0.6) is 0 Å². The molecule has 1 aromatic heterocycles. The normalized spacial score (nSPS) is 16.2. The molecule has 1 N–H and O–H groups in total. The number of hydrogen-bond acceptors (Lipinski definition) is 3. The van der Waals surface area contributed by atoms with Gasteiger partial charge in [-0.3, -0.25) is 4.79 Å². The van der Waals surface area contributed by atoms with Crippen LogP contribution in [0.1, 0.15) is 10.4 Å². The molecule has 16 heavy (non-hydrogen) atoms. The summed E-state index contributed by atoms with van der Waals surface area (Å²) in [5.41, 5.74) is 0.493. The maximum Gasteiger partial charge on any atom is 0.254 e. The topological polar surface area (TPSA) is 45.2 Å². The van der Waals surface area contributed by atoms with Crippen molar-refractivity contribution >= 4 is 29.1 Å². The number of amides is 1. The summed E-state index contributed by atoms with van der Waals surface area (Å²) in [6.07, 6.45) is 0. The molecule has 0 radical (unpaired) electrons. The minimum absolute atomic E-state index is 0.0484. The number of hydrogen-bond donors (Lipinski definition) is 1. The van der Waals surface area contributed by atoms with Crippen LogP contribution in [0.15, 0.2) is 12.1 Å².